The van der Waals surface area contributed by atoms with Gasteiger partial charge in [0.1, 0.15) is 23.6 Å². The number of aromatic hydroxyl groups is 1. The lowest BCUT2D eigenvalue weighted by Crippen LogP contribution is -2.14. The number of hydrogen-bond donors (Lipinski definition) is 1. The molecule has 0 bridgehead atoms. The summed E-state index contributed by atoms with van der Waals surface area (Å²) >= 11 is 0. The van der Waals surface area contributed by atoms with Crippen LogP contribution >= 0.6 is 0 Å². The van der Waals surface area contributed by atoms with E-state index in [9.17, 15) is 5.11 Å². The Morgan fingerprint density at radius 1 is 1.07 bits per heavy atom. The normalized spacial score (nSPS) is 15.0. The Kier molecular flexibility index (Phi) is 3.22. The first kappa shape index (κ1) is 15.8. The molecule has 1 aromatic carbocycles. The van der Waals surface area contributed by atoms with Crippen LogP contribution in [0.1, 0.15) is 22.8 Å². The van der Waals surface area contributed by atoms with Crippen LogP contribution in [0.5, 0.6) is 17.4 Å². The third-order valence-corrected chi connectivity index (χ3v) is 4.96. The van der Waals surface area contributed by atoms with Crippen LogP contribution < -0.4 is 4.74 Å². The van der Waals surface area contributed by atoms with Crippen molar-refractivity contribution in [1.82, 2.24) is 24.6 Å². The fraction of sp³-hybridized carbons (Fsp3) is 0.0476. The molecule has 8 heteroatoms. The lowest BCUT2D eigenvalue weighted by atomic mass is 9.87. The maximum atomic E-state index is 9.90. The van der Waals surface area contributed by atoms with Gasteiger partial charge in [-0.3, -0.25) is 4.98 Å². The van der Waals surface area contributed by atoms with Gasteiger partial charge in [-0.15, -0.1) is 5.10 Å². The van der Waals surface area contributed by atoms with E-state index < -0.39 is 0 Å². The van der Waals surface area contributed by atoms with E-state index in [2.05, 4.69) is 15.1 Å². The fourth-order valence-electron chi connectivity index (χ4n) is 3.68. The second-order valence-electron chi connectivity index (χ2n) is 6.68. The lowest BCUT2D eigenvalue weighted by Gasteiger charge is -2.26. The van der Waals surface area contributed by atoms with E-state index in [0.717, 1.165) is 22.5 Å². The minimum absolute atomic E-state index is 0.119. The Labute approximate surface area is 164 Å². The Morgan fingerprint density at radius 3 is 2.79 bits per heavy atom. The molecule has 1 aliphatic heterocycles. The molecule has 5 aromatic rings. The number of furan rings is 1. The van der Waals surface area contributed by atoms with E-state index in [-0.39, 0.29) is 11.7 Å². The smallest absolute Gasteiger partial charge is 0.228 e. The van der Waals surface area contributed by atoms with Gasteiger partial charge in [-0.25, -0.2) is 14.5 Å². The van der Waals surface area contributed by atoms with Crippen molar-refractivity contribution in [1.29, 1.82) is 0 Å². The van der Waals surface area contributed by atoms with Gasteiger partial charge in [0, 0.05) is 29.6 Å². The predicted octanol–water partition coefficient (Wildman–Crippen LogP) is 3.77. The summed E-state index contributed by atoms with van der Waals surface area (Å²) in [5.74, 6) is 2.06. The number of nitrogens with zero attached hydrogens (tertiary/aromatic N) is 5. The van der Waals surface area contributed by atoms with E-state index >= 15 is 0 Å². The van der Waals surface area contributed by atoms with Gasteiger partial charge in [-0.2, -0.15) is 0 Å². The van der Waals surface area contributed by atoms with E-state index in [1.807, 2.05) is 30.3 Å². The summed E-state index contributed by atoms with van der Waals surface area (Å²) in [6, 6.07) is 12.5. The van der Waals surface area contributed by atoms with Crippen molar-refractivity contribution in [3.63, 3.8) is 0 Å². The predicted molar refractivity (Wildman–Crippen MR) is 102 cm³/mol. The van der Waals surface area contributed by atoms with Crippen LogP contribution in [0.15, 0.2) is 71.9 Å². The number of phenols is 1. The quantitative estimate of drug-likeness (QED) is 0.486. The number of rotatable bonds is 2. The molecule has 1 N–H and O–H groups in total. The second-order valence-corrected chi connectivity index (χ2v) is 6.68. The van der Waals surface area contributed by atoms with Crippen molar-refractivity contribution >= 4 is 5.65 Å². The van der Waals surface area contributed by atoms with E-state index in [4.69, 9.17) is 14.1 Å². The first-order valence-corrected chi connectivity index (χ1v) is 8.98. The van der Waals surface area contributed by atoms with Gasteiger partial charge in [0.05, 0.1) is 17.7 Å². The van der Waals surface area contributed by atoms with Crippen LogP contribution in [0, 0.1) is 0 Å². The minimum Gasteiger partial charge on any atom is -0.508 e. The number of ether oxygens (including phenoxy) is 1. The Bertz CT molecular complexity index is 1350. The van der Waals surface area contributed by atoms with Crippen LogP contribution in [0.2, 0.25) is 0 Å². The van der Waals surface area contributed by atoms with Gasteiger partial charge < -0.3 is 14.3 Å². The highest BCUT2D eigenvalue weighted by molar-refractivity contribution is 5.67. The lowest BCUT2D eigenvalue weighted by molar-refractivity contribution is 0.409. The number of hydrogen-bond acceptors (Lipinski definition) is 7. The van der Waals surface area contributed by atoms with E-state index in [1.165, 1.54) is 0 Å². The minimum atomic E-state index is -0.296. The number of fused-ring (bicyclic) bond motifs is 4. The summed E-state index contributed by atoms with van der Waals surface area (Å²) in [5, 5.41) is 14.5. The van der Waals surface area contributed by atoms with Crippen molar-refractivity contribution in [3.8, 4) is 28.8 Å². The Balaban J connectivity index is 1.63. The van der Waals surface area contributed by atoms with Gasteiger partial charge in [0.15, 0.2) is 11.5 Å². The molecule has 0 saturated heterocycles. The zero-order valence-corrected chi connectivity index (χ0v) is 14.9. The summed E-state index contributed by atoms with van der Waals surface area (Å²) in [6.07, 6.45) is 6.60. The third kappa shape index (κ3) is 2.39. The Hall–Kier alpha value is -4.20. The highest BCUT2D eigenvalue weighted by Crippen LogP contribution is 2.48. The highest BCUT2D eigenvalue weighted by Gasteiger charge is 2.35. The van der Waals surface area contributed by atoms with Crippen LogP contribution in [-0.2, 0) is 0 Å². The second kappa shape index (κ2) is 5.90. The van der Waals surface area contributed by atoms with Crippen LogP contribution in [0.25, 0.3) is 17.0 Å². The maximum absolute atomic E-state index is 9.90. The molecule has 4 aromatic heterocycles. The highest BCUT2D eigenvalue weighted by atomic mass is 16.5. The van der Waals surface area contributed by atoms with Gasteiger partial charge in [-0.1, -0.05) is 6.07 Å². The van der Waals surface area contributed by atoms with Gasteiger partial charge >= 0.3 is 0 Å². The van der Waals surface area contributed by atoms with Crippen molar-refractivity contribution < 1.29 is 14.3 Å². The standard InChI is InChI=1S/C21H13N5O3/c27-13-3-4-14-16(10-13)29-21-18(17(14)15-2-1-9-28-15)20-24-19(25-26(20)11-23-21)12-5-7-22-8-6-12/h1-11,17,27H/t17-/m1/s1. The number of benzene rings is 1. The molecule has 8 nitrogen and oxygen atoms in total. The third-order valence-electron chi connectivity index (χ3n) is 4.96. The van der Waals surface area contributed by atoms with Crippen molar-refractivity contribution in [3.05, 3.63) is 84.3 Å². The van der Waals surface area contributed by atoms with Crippen LogP contribution in [-0.4, -0.2) is 29.7 Å². The van der Waals surface area contributed by atoms with Gasteiger partial charge in [-0.05, 0) is 30.3 Å². The van der Waals surface area contributed by atoms with Crippen molar-refractivity contribution in [2.24, 2.45) is 0 Å². The maximum Gasteiger partial charge on any atom is 0.228 e. The monoisotopic (exact) mass is 383 g/mol. The molecule has 0 amide bonds. The molecular weight excluding hydrogens is 370 g/mol. The summed E-state index contributed by atoms with van der Waals surface area (Å²) in [6.45, 7) is 0. The molecule has 0 radical (unpaired) electrons. The molecule has 0 spiro atoms. The fourth-order valence-corrected chi connectivity index (χ4v) is 3.68. The molecule has 0 saturated carbocycles. The SMILES string of the molecule is Oc1ccc2c(c1)Oc1ncn3nc(-c4ccncc4)nc3c1[C@H]2c1ccco1. The molecular formula is C21H13N5O3. The average Bonchev–Trinajstić information content (AvgIpc) is 3.42. The number of pyridine rings is 1. The van der Waals surface area contributed by atoms with Crippen molar-refractivity contribution in [2.45, 2.75) is 5.92 Å². The largest absolute Gasteiger partial charge is 0.508 e. The average molecular weight is 383 g/mol. The molecule has 1 aliphatic rings. The summed E-state index contributed by atoms with van der Waals surface area (Å²) in [4.78, 5) is 13.3. The number of phenolic OH excluding ortho intramolecular Hbond substituents is 1. The van der Waals surface area contributed by atoms with Crippen LogP contribution in [0.3, 0.4) is 0 Å². The van der Waals surface area contributed by atoms with E-state index in [1.54, 1.807) is 41.6 Å². The molecule has 29 heavy (non-hydrogen) atoms. The number of aromatic nitrogens is 5. The summed E-state index contributed by atoms with van der Waals surface area (Å²) in [5.41, 5.74) is 3.10. The van der Waals surface area contributed by atoms with Crippen molar-refractivity contribution in [2.75, 3.05) is 0 Å². The molecule has 5 heterocycles. The molecule has 0 aliphatic carbocycles. The first-order valence-electron chi connectivity index (χ1n) is 8.98. The molecule has 1 atom stereocenters. The Morgan fingerprint density at radius 2 is 1.97 bits per heavy atom. The molecule has 0 fully saturated rings. The topological polar surface area (TPSA) is 98.6 Å². The molecule has 140 valence electrons. The van der Waals surface area contributed by atoms with Gasteiger partial charge in [0.2, 0.25) is 5.88 Å². The van der Waals surface area contributed by atoms with Gasteiger partial charge in [0.25, 0.3) is 0 Å². The molecule has 6 rings (SSSR count). The molecule has 0 unspecified atom stereocenters. The first-order chi connectivity index (χ1) is 14.3. The van der Waals surface area contributed by atoms with Crippen LogP contribution in [0.4, 0.5) is 0 Å². The summed E-state index contributed by atoms with van der Waals surface area (Å²) in [7, 11) is 0. The zero-order chi connectivity index (χ0) is 19.4. The summed E-state index contributed by atoms with van der Waals surface area (Å²) < 4.78 is 13.4. The van der Waals surface area contributed by atoms with E-state index in [0.29, 0.717) is 23.1 Å². The zero-order valence-electron chi connectivity index (χ0n) is 14.9.